The molecule has 0 bridgehead atoms. The Labute approximate surface area is 190 Å². The van der Waals surface area contributed by atoms with Crippen LogP contribution in [0.5, 0.6) is 0 Å². The van der Waals surface area contributed by atoms with Crippen molar-refractivity contribution in [3.63, 3.8) is 0 Å². The van der Waals surface area contributed by atoms with Gasteiger partial charge in [-0.2, -0.15) is 4.57 Å². The van der Waals surface area contributed by atoms with Crippen LogP contribution in [0.2, 0.25) is 0 Å². The third-order valence-electron chi connectivity index (χ3n) is 4.52. The number of rotatable bonds is 4. The fraction of sp³-hybridized carbons (Fsp3) is 0. The Morgan fingerprint density at radius 2 is 1.48 bits per heavy atom. The molecule has 0 amide bonds. The van der Waals surface area contributed by atoms with Crippen LogP contribution in [0.1, 0.15) is 11.6 Å². The molecule has 0 atom stereocenters. The third-order valence-corrected chi connectivity index (χ3v) is 4.52. The van der Waals surface area contributed by atoms with Crippen LogP contribution in [-0.2, 0) is 0 Å². The van der Waals surface area contributed by atoms with Crippen molar-refractivity contribution in [2.45, 2.75) is 0 Å². The minimum absolute atomic E-state index is 0.783. The van der Waals surface area contributed by atoms with E-state index in [1.54, 1.807) is 18.7 Å². The highest BCUT2D eigenvalue weighted by atomic mass is 35.7. The number of halogens is 1. The van der Waals surface area contributed by atoms with Crippen molar-refractivity contribution in [3.8, 4) is 11.6 Å². The number of aromatic nitrogens is 4. The molecule has 5 aromatic rings. The van der Waals surface area contributed by atoms with Crippen LogP contribution in [-0.4, -0.2) is 14.5 Å². The average Bonchev–Trinajstić information content (AvgIpc) is 3.43. The number of imidazole rings is 1. The largest absolute Gasteiger partial charge is 0.465 e. The summed E-state index contributed by atoms with van der Waals surface area (Å²) in [6, 6.07) is 23.9. The molecule has 0 aliphatic rings. The van der Waals surface area contributed by atoms with Gasteiger partial charge in [-0.1, -0.05) is 24.3 Å². The van der Waals surface area contributed by atoms with Gasteiger partial charge in [0.05, 0.1) is 6.26 Å². The van der Waals surface area contributed by atoms with Gasteiger partial charge in [-0.15, -0.1) is 15.2 Å². The molecule has 0 saturated carbocycles. The third kappa shape index (κ3) is 5.50. The summed E-state index contributed by atoms with van der Waals surface area (Å²) in [5, 5.41) is 0. The Bertz CT molecular complexity index is 1270. The number of furan rings is 1. The molecule has 0 unspecified atom stereocenters. The average molecular weight is 465 g/mol. The van der Waals surface area contributed by atoms with Crippen molar-refractivity contribution in [2.24, 2.45) is 0 Å². The summed E-state index contributed by atoms with van der Waals surface area (Å²) < 4.78 is 43.7. The van der Waals surface area contributed by atoms with Crippen LogP contribution >= 0.6 is 0 Å². The molecule has 0 radical (unpaired) electrons. The number of para-hydroxylation sites is 2. The van der Waals surface area contributed by atoms with Gasteiger partial charge in [0.15, 0.2) is 5.82 Å². The molecule has 0 aliphatic heterocycles. The molecule has 4 aromatic heterocycles. The first-order valence-corrected chi connectivity index (χ1v) is 10.9. The Balaban J connectivity index is 0.000000471. The first-order valence-electron chi connectivity index (χ1n) is 9.63. The van der Waals surface area contributed by atoms with Gasteiger partial charge in [0.2, 0.25) is 5.82 Å². The molecule has 0 spiro atoms. The van der Waals surface area contributed by atoms with Gasteiger partial charge in [0, 0.05) is 18.3 Å². The van der Waals surface area contributed by atoms with Crippen molar-refractivity contribution in [3.05, 3.63) is 103 Å². The van der Waals surface area contributed by atoms with E-state index >= 15 is 0 Å². The summed E-state index contributed by atoms with van der Waals surface area (Å²) in [6.45, 7) is 0. The Morgan fingerprint density at radius 3 is 2.12 bits per heavy atom. The van der Waals surface area contributed by atoms with E-state index in [-0.39, 0.29) is 0 Å². The van der Waals surface area contributed by atoms with Crippen molar-refractivity contribution >= 4 is 23.2 Å². The SMILES string of the molecule is C(=Cc1n(-c2ccccn2)c2ccccc2[n+]1-c1ccccn1)c1ccco1.[O-][Cl+3]([O-])([O-])[O-]. The molecule has 4 heterocycles. The normalized spacial score (nSPS) is 11.5. The Morgan fingerprint density at radius 1 is 0.788 bits per heavy atom. The molecule has 9 nitrogen and oxygen atoms in total. The second kappa shape index (κ2) is 9.74. The van der Waals surface area contributed by atoms with Crippen molar-refractivity contribution < 1.29 is 37.9 Å². The lowest BCUT2D eigenvalue weighted by Gasteiger charge is -2.17. The summed E-state index contributed by atoms with van der Waals surface area (Å²) in [7, 11) is -4.94. The fourth-order valence-corrected chi connectivity index (χ4v) is 3.33. The maximum atomic E-state index is 8.49. The molecule has 1 aromatic carbocycles. The second-order valence-corrected chi connectivity index (χ2v) is 7.38. The molecule has 5 rings (SSSR count). The van der Waals surface area contributed by atoms with Crippen LogP contribution in [0, 0.1) is 10.2 Å². The molecular weight excluding hydrogens is 448 g/mol. The second-order valence-electron chi connectivity index (χ2n) is 6.62. The summed E-state index contributed by atoms with van der Waals surface area (Å²) >= 11 is 0. The van der Waals surface area contributed by atoms with Crippen LogP contribution in [0.4, 0.5) is 0 Å². The smallest absolute Gasteiger partial charge is 0.267 e. The molecule has 166 valence electrons. The quantitative estimate of drug-likeness (QED) is 0.333. The maximum Gasteiger partial charge on any atom is 0.267 e. The van der Waals surface area contributed by atoms with Crippen molar-refractivity contribution in [2.75, 3.05) is 0 Å². The molecule has 33 heavy (non-hydrogen) atoms. The highest BCUT2D eigenvalue weighted by Crippen LogP contribution is 2.22. The minimum atomic E-state index is -4.94. The van der Waals surface area contributed by atoms with Gasteiger partial charge in [-0.3, -0.25) is 0 Å². The summed E-state index contributed by atoms with van der Waals surface area (Å²) in [4.78, 5) is 9.17. The minimum Gasteiger partial charge on any atom is -0.465 e. The summed E-state index contributed by atoms with van der Waals surface area (Å²) in [6.07, 6.45) is 9.25. The summed E-state index contributed by atoms with van der Waals surface area (Å²) in [5.41, 5.74) is 2.09. The molecule has 0 aliphatic carbocycles. The van der Waals surface area contributed by atoms with E-state index in [0.717, 1.165) is 34.3 Å². The Hall–Kier alpha value is -3.86. The monoisotopic (exact) mass is 464 g/mol. The van der Waals surface area contributed by atoms with Crippen LogP contribution in [0.3, 0.4) is 0 Å². The van der Waals surface area contributed by atoms with E-state index in [1.165, 1.54) is 0 Å². The van der Waals surface area contributed by atoms with Gasteiger partial charge in [-0.25, -0.2) is 28.2 Å². The highest BCUT2D eigenvalue weighted by molar-refractivity contribution is 5.78. The number of hydrogen-bond donors (Lipinski definition) is 0. The van der Waals surface area contributed by atoms with Gasteiger partial charge >= 0.3 is 0 Å². The van der Waals surface area contributed by atoms with Gasteiger partial charge in [0.25, 0.3) is 5.82 Å². The predicted molar refractivity (Wildman–Crippen MR) is 108 cm³/mol. The number of benzene rings is 1. The lowest BCUT2D eigenvalue weighted by Crippen LogP contribution is -2.68. The fourth-order valence-electron chi connectivity index (χ4n) is 3.33. The lowest BCUT2D eigenvalue weighted by molar-refractivity contribution is -2.00. The Kier molecular flexibility index (Phi) is 6.59. The zero-order valence-corrected chi connectivity index (χ0v) is 17.8. The van der Waals surface area contributed by atoms with E-state index in [9.17, 15) is 0 Å². The van der Waals surface area contributed by atoms with Crippen LogP contribution in [0.15, 0.2) is 95.9 Å². The molecule has 10 heteroatoms. The first kappa shape index (κ1) is 22.3. The standard InChI is InChI=1S/C23H17N4O.ClHO4/c1-2-10-20-19(9-1)26(21-11-3-5-15-24-21)23(14-13-18-8-7-17-28-18)27(20)22-12-4-6-16-25-22;2-1(3,4)5/h1-17H;(H,2,3,4,5)/q+1;/p-1. The van der Waals surface area contributed by atoms with Gasteiger partial charge in [0.1, 0.15) is 23.0 Å². The van der Waals surface area contributed by atoms with Crippen molar-refractivity contribution in [1.29, 1.82) is 0 Å². The van der Waals surface area contributed by atoms with Crippen LogP contribution < -0.4 is 23.2 Å². The first-order chi connectivity index (χ1) is 15.9. The topological polar surface area (TPSA) is 140 Å². The van der Waals surface area contributed by atoms with E-state index in [1.807, 2.05) is 72.8 Å². The zero-order chi connectivity index (χ0) is 23.3. The van der Waals surface area contributed by atoms with E-state index in [2.05, 4.69) is 31.2 Å². The van der Waals surface area contributed by atoms with E-state index in [0.29, 0.717) is 0 Å². The maximum absolute atomic E-state index is 8.49. The van der Waals surface area contributed by atoms with E-state index in [4.69, 9.17) is 23.1 Å². The number of pyridine rings is 2. The molecule has 0 saturated heterocycles. The molecule has 0 N–H and O–H groups in total. The highest BCUT2D eigenvalue weighted by Gasteiger charge is 2.24. The number of hydrogen-bond acceptors (Lipinski definition) is 7. The van der Waals surface area contributed by atoms with E-state index < -0.39 is 10.2 Å². The molecular formula is C23H17ClN4O5. The number of fused-ring (bicyclic) bond motifs is 1. The van der Waals surface area contributed by atoms with Gasteiger partial charge in [-0.05, 0) is 48.5 Å². The molecule has 0 fully saturated rings. The van der Waals surface area contributed by atoms with Crippen molar-refractivity contribution in [1.82, 2.24) is 14.5 Å². The van der Waals surface area contributed by atoms with Gasteiger partial charge < -0.3 is 4.42 Å². The predicted octanol–water partition coefficient (Wildman–Crippen LogP) is -0.295. The zero-order valence-electron chi connectivity index (χ0n) is 17.0. The summed E-state index contributed by atoms with van der Waals surface area (Å²) in [5.74, 6) is 3.39. The lowest BCUT2D eigenvalue weighted by atomic mass is 10.3. The van der Waals surface area contributed by atoms with Crippen LogP contribution in [0.25, 0.3) is 34.8 Å². The number of nitrogens with zero attached hydrogens (tertiary/aromatic N) is 4.